The van der Waals surface area contributed by atoms with E-state index in [1.54, 1.807) is 44.4 Å². The van der Waals surface area contributed by atoms with Crippen LogP contribution >= 0.6 is 46.6 Å². The Bertz CT molecular complexity index is 1520. The number of rotatable bonds is 7. The second-order valence-corrected chi connectivity index (χ2v) is 9.81. The number of H-pyrrole nitrogens is 1. The van der Waals surface area contributed by atoms with Crippen LogP contribution in [0.2, 0.25) is 15.1 Å². The first-order valence-electron chi connectivity index (χ1n) is 10.9. The quantitative estimate of drug-likeness (QED) is 0.0924. The standard InChI is InChI=1S/C14H9Cl3N2OS.C7H4N2O6.C3H7NO/c1-21-14-18-9-5-8(16)12(6-10(9)19-14)20-11-4-2-3-7(15)13(11)17;10-7(11)4-1-5(8(12)13)3-6(2-4)9(14)15;1-4(2)3-5/h2-6H,1H3,(H,18,19);1-3H,(H,10,11);3H,1-2H3. The largest absolute Gasteiger partial charge is 0.478 e. The molecule has 2 N–H and O–H groups in total. The molecule has 0 aliphatic carbocycles. The van der Waals surface area contributed by atoms with Crippen LogP contribution in [0.5, 0.6) is 11.5 Å². The van der Waals surface area contributed by atoms with Crippen LogP contribution in [0.4, 0.5) is 11.4 Å². The van der Waals surface area contributed by atoms with E-state index in [0.29, 0.717) is 32.6 Å². The first-order chi connectivity index (χ1) is 19.3. The van der Waals surface area contributed by atoms with Gasteiger partial charge in [-0.2, -0.15) is 0 Å². The number of carboxylic acids is 1. The molecule has 13 nitrogen and oxygen atoms in total. The average molecular weight is 645 g/mol. The zero-order valence-corrected chi connectivity index (χ0v) is 24.4. The van der Waals surface area contributed by atoms with Gasteiger partial charge in [0, 0.05) is 32.3 Å². The molecule has 0 saturated carbocycles. The Kier molecular flexibility index (Phi) is 12.1. The molecule has 0 aliphatic heterocycles. The third-order valence-corrected chi connectivity index (χ3v) is 6.30. The zero-order chi connectivity index (χ0) is 30.9. The molecule has 0 bridgehead atoms. The van der Waals surface area contributed by atoms with Crippen LogP contribution in [-0.2, 0) is 4.79 Å². The van der Waals surface area contributed by atoms with Gasteiger partial charge in [-0.3, -0.25) is 25.0 Å². The predicted molar refractivity (Wildman–Crippen MR) is 156 cm³/mol. The van der Waals surface area contributed by atoms with E-state index in [4.69, 9.17) is 44.6 Å². The van der Waals surface area contributed by atoms with Gasteiger partial charge in [0.1, 0.15) is 16.5 Å². The van der Waals surface area contributed by atoms with E-state index in [0.717, 1.165) is 34.7 Å². The van der Waals surface area contributed by atoms with Crippen LogP contribution < -0.4 is 4.74 Å². The Morgan fingerprint density at radius 3 is 2.10 bits per heavy atom. The number of fused-ring (bicyclic) bond motifs is 1. The lowest BCUT2D eigenvalue weighted by molar-refractivity contribution is -0.394. The van der Waals surface area contributed by atoms with Gasteiger partial charge in [-0.15, -0.1) is 0 Å². The lowest BCUT2D eigenvalue weighted by atomic mass is 10.2. The van der Waals surface area contributed by atoms with Gasteiger partial charge >= 0.3 is 5.97 Å². The number of thioether (sulfide) groups is 1. The number of carbonyl (C=O) groups excluding carboxylic acids is 1. The average Bonchev–Trinajstić information content (AvgIpc) is 3.33. The number of aromatic nitrogens is 2. The topological polar surface area (TPSA) is 182 Å². The highest BCUT2D eigenvalue weighted by molar-refractivity contribution is 7.98. The first-order valence-corrected chi connectivity index (χ1v) is 13.3. The van der Waals surface area contributed by atoms with Gasteiger partial charge in [0.2, 0.25) is 6.41 Å². The third kappa shape index (κ3) is 9.49. The number of carboxylic acid groups (broad SMARTS) is 1. The molecule has 41 heavy (non-hydrogen) atoms. The number of carbonyl (C=O) groups is 2. The number of benzene rings is 3. The molecule has 0 spiro atoms. The van der Waals surface area contributed by atoms with Crippen molar-refractivity contribution in [3.63, 3.8) is 0 Å². The lowest BCUT2D eigenvalue weighted by Gasteiger charge is -2.09. The maximum absolute atomic E-state index is 10.5. The fraction of sp³-hybridized carbons (Fsp3) is 0.125. The Labute approximate surface area is 251 Å². The normalized spacial score (nSPS) is 10.0. The second-order valence-electron chi connectivity index (χ2n) is 7.83. The summed E-state index contributed by atoms with van der Waals surface area (Å²) in [5, 5.41) is 31.3. The molecule has 0 fully saturated rings. The van der Waals surface area contributed by atoms with Gasteiger partial charge < -0.3 is 19.7 Å². The summed E-state index contributed by atoms with van der Waals surface area (Å²) >= 11 is 19.9. The van der Waals surface area contributed by atoms with Crippen molar-refractivity contribution in [2.45, 2.75) is 5.16 Å². The Morgan fingerprint density at radius 2 is 1.61 bits per heavy atom. The highest BCUT2D eigenvalue weighted by Gasteiger charge is 2.19. The van der Waals surface area contributed by atoms with E-state index in [1.807, 2.05) is 6.26 Å². The van der Waals surface area contributed by atoms with Crippen molar-refractivity contribution in [3.05, 3.63) is 89.4 Å². The van der Waals surface area contributed by atoms with E-state index in [-0.39, 0.29) is 0 Å². The van der Waals surface area contributed by atoms with Crippen LogP contribution in [-0.4, -0.2) is 62.6 Å². The third-order valence-electron chi connectivity index (χ3n) is 4.63. The molecular weight excluding hydrogens is 625 g/mol. The molecule has 4 rings (SSSR count). The Balaban J connectivity index is 0.000000257. The minimum atomic E-state index is -1.46. The minimum Gasteiger partial charge on any atom is -0.478 e. The maximum Gasteiger partial charge on any atom is 0.336 e. The number of nitro benzene ring substituents is 2. The zero-order valence-electron chi connectivity index (χ0n) is 21.3. The Morgan fingerprint density at radius 1 is 1.02 bits per heavy atom. The molecule has 0 saturated heterocycles. The number of hydrogen-bond donors (Lipinski definition) is 2. The summed E-state index contributed by atoms with van der Waals surface area (Å²) in [7, 11) is 3.38. The molecule has 1 amide bonds. The number of nitro groups is 2. The minimum absolute atomic E-state index is 0.349. The fourth-order valence-electron chi connectivity index (χ4n) is 2.77. The van der Waals surface area contributed by atoms with Gasteiger partial charge in [-0.25, -0.2) is 9.78 Å². The predicted octanol–water partition coefficient (Wildman–Crippen LogP) is 6.94. The van der Waals surface area contributed by atoms with Crippen LogP contribution in [0.15, 0.2) is 53.7 Å². The van der Waals surface area contributed by atoms with Crippen LogP contribution in [0.3, 0.4) is 0 Å². The van der Waals surface area contributed by atoms with Gasteiger partial charge in [0.15, 0.2) is 5.16 Å². The number of amides is 1. The van der Waals surface area contributed by atoms with Crippen LogP contribution in [0.1, 0.15) is 10.4 Å². The molecule has 0 aliphatic rings. The summed E-state index contributed by atoms with van der Waals surface area (Å²) in [6.45, 7) is 0. The Hall–Kier alpha value is -4.11. The van der Waals surface area contributed by atoms with E-state index in [1.165, 1.54) is 16.7 Å². The molecule has 1 aromatic heterocycles. The summed E-state index contributed by atoms with van der Waals surface area (Å²) in [5.74, 6) is -0.527. The molecule has 0 unspecified atom stereocenters. The number of imidazole rings is 1. The van der Waals surface area contributed by atoms with Crippen molar-refractivity contribution >= 4 is 81.4 Å². The highest BCUT2D eigenvalue weighted by Crippen LogP contribution is 2.38. The summed E-state index contributed by atoms with van der Waals surface area (Å²) in [4.78, 5) is 47.9. The van der Waals surface area contributed by atoms with Crippen LogP contribution in [0.25, 0.3) is 11.0 Å². The number of aromatic carboxylic acids is 1. The number of aromatic amines is 1. The van der Waals surface area contributed by atoms with E-state index >= 15 is 0 Å². The van der Waals surface area contributed by atoms with Gasteiger partial charge in [0.05, 0.1) is 42.6 Å². The summed E-state index contributed by atoms with van der Waals surface area (Å²) in [6.07, 6.45) is 2.70. The molecule has 1 heterocycles. The maximum atomic E-state index is 10.5. The van der Waals surface area contributed by atoms with E-state index < -0.39 is 32.8 Å². The number of ether oxygens (including phenoxy) is 1. The number of nitrogens with one attached hydrogen (secondary N) is 1. The number of non-ortho nitro benzene ring substituents is 2. The van der Waals surface area contributed by atoms with Crippen molar-refractivity contribution < 1.29 is 29.3 Å². The second kappa shape index (κ2) is 15.0. The van der Waals surface area contributed by atoms with E-state index in [9.17, 15) is 29.8 Å². The van der Waals surface area contributed by atoms with Crippen molar-refractivity contribution in [2.24, 2.45) is 0 Å². The summed E-state index contributed by atoms with van der Waals surface area (Å²) < 4.78 is 5.76. The van der Waals surface area contributed by atoms with Gasteiger partial charge in [0.25, 0.3) is 11.4 Å². The molecular formula is C24H20Cl3N5O8S. The van der Waals surface area contributed by atoms with Gasteiger partial charge in [-0.05, 0) is 24.5 Å². The number of hydrogen-bond acceptors (Lipinski definition) is 9. The number of nitrogens with zero attached hydrogens (tertiary/aromatic N) is 4. The molecule has 3 aromatic carbocycles. The van der Waals surface area contributed by atoms with E-state index in [2.05, 4.69) is 9.97 Å². The monoisotopic (exact) mass is 643 g/mol. The van der Waals surface area contributed by atoms with Crippen LogP contribution in [0, 0.1) is 20.2 Å². The SMILES string of the molecule is CN(C)C=O.CSc1nc2cc(Oc3cccc(Cl)c3Cl)c(Cl)cc2[nH]1.O=C(O)c1cc([N+](=O)[O-])cc([N+](=O)[O-])c1. The molecule has 17 heteroatoms. The molecule has 4 aromatic rings. The summed E-state index contributed by atoms with van der Waals surface area (Å²) in [5.41, 5.74) is -0.107. The fourth-order valence-corrected chi connectivity index (χ4v) is 3.71. The first kappa shape index (κ1) is 33.1. The van der Waals surface area contributed by atoms with Crippen molar-refractivity contribution in [1.82, 2.24) is 14.9 Å². The highest BCUT2D eigenvalue weighted by atomic mass is 35.5. The smallest absolute Gasteiger partial charge is 0.336 e. The van der Waals surface area contributed by atoms with Gasteiger partial charge in [-0.1, -0.05) is 52.6 Å². The molecule has 0 radical (unpaired) electrons. The van der Waals surface area contributed by atoms with Crippen molar-refractivity contribution in [3.8, 4) is 11.5 Å². The van der Waals surface area contributed by atoms with Crippen molar-refractivity contribution in [2.75, 3.05) is 20.4 Å². The molecule has 216 valence electrons. The number of halogens is 3. The molecule has 0 atom stereocenters. The summed E-state index contributed by atoms with van der Waals surface area (Å²) in [6, 6.07) is 10.9. The van der Waals surface area contributed by atoms with Crippen molar-refractivity contribution in [1.29, 1.82) is 0 Å². The lowest BCUT2D eigenvalue weighted by Crippen LogP contribution is -2.06.